The minimum Gasteiger partial charge on any atom is -0.353 e. The Bertz CT molecular complexity index is 174. The van der Waals surface area contributed by atoms with E-state index in [-0.39, 0.29) is 5.91 Å². The second-order valence-corrected chi connectivity index (χ2v) is 4.50. The highest BCUT2D eigenvalue weighted by atomic mass is 16.1. The number of rotatable bonds is 4. The summed E-state index contributed by atoms with van der Waals surface area (Å²) in [6.45, 7) is 0.609. The van der Waals surface area contributed by atoms with Crippen molar-refractivity contribution in [2.75, 3.05) is 6.54 Å². The zero-order chi connectivity index (χ0) is 10.9. The number of hydrogen-bond donors (Lipinski definition) is 2. The van der Waals surface area contributed by atoms with Crippen molar-refractivity contribution in [3.05, 3.63) is 0 Å². The number of nitrogens with one attached hydrogen (secondary N) is 1. The predicted octanol–water partition coefficient (Wildman–Crippen LogP) is 1.95. The fourth-order valence-corrected chi connectivity index (χ4v) is 2.16. The maximum atomic E-state index is 11.5. The molecule has 3 heteroatoms. The Morgan fingerprint density at radius 1 is 1.13 bits per heavy atom. The van der Waals surface area contributed by atoms with Crippen LogP contribution in [0.15, 0.2) is 0 Å². The largest absolute Gasteiger partial charge is 0.353 e. The van der Waals surface area contributed by atoms with Gasteiger partial charge < -0.3 is 11.1 Å². The van der Waals surface area contributed by atoms with Crippen molar-refractivity contribution in [2.24, 2.45) is 5.73 Å². The fourth-order valence-electron chi connectivity index (χ4n) is 2.16. The summed E-state index contributed by atoms with van der Waals surface area (Å²) in [6.07, 6.45) is 10.3. The lowest BCUT2D eigenvalue weighted by atomic mass is 9.96. The molecule has 3 N–H and O–H groups in total. The van der Waals surface area contributed by atoms with Crippen LogP contribution in [0.3, 0.4) is 0 Å². The smallest absolute Gasteiger partial charge is 0.220 e. The van der Waals surface area contributed by atoms with Gasteiger partial charge in [-0.2, -0.15) is 0 Å². The van der Waals surface area contributed by atoms with Crippen LogP contribution in [0.5, 0.6) is 0 Å². The van der Waals surface area contributed by atoms with E-state index in [1.165, 1.54) is 32.1 Å². The number of amides is 1. The highest BCUT2D eigenvalue weighted by molar-refractivity contribution is 5.76. The molecule has 0 aromatic rings. The second kappa shape index (κ2) is 7.69. The van der Waals surface area contributed by atoms with Gasteiger partial charge in [-0.15, -0.1) is 0 Å². The Morgan fingerprint density at radius 2 is 1.73 bits per heavy atom. The summed E-state index contributed by atoms with van der Waals surface area (Å²) in [5.41, 5.74) is 5.38. The van der Waals surface area contributed by atoms with Gasteiger partial charge in [0.15, 0.2) is 0 Å². The molecular formula is C12H24N2O. The van der Waals surface area contributed by atoms with Gasteiger partial charge in [-0.3, -0.25) is 4.79 Å². The molecule has 0 unspecified atom stereocenters. The molecule has 0 spiro atoms. The molecule has 0 atom stereocenters. The van der Waals surface area contributed by atoms with E-state index in [2.05, 4.69) is 5.32 Å². The first-order chi connectivity index (χ1) is 7.33. The summed E-state index contributed by atoms with van der Waals surface area (Å²) in [4.78, 5) is 11.5. The minimum absolute atomic E-state index is 0.186. The van der Waals surface area contributed by atoms with Crippen LogP contribution >= 0.6 is 0 Å². The molecule has 15 heavy (non-hydrogen) atoms. The van der Waals surface area contributed by atoms with Crippen LogP contribution in [0.4, 0.5) is 0 Å². The van der Waals surface area contributed by atoms with Crippen LogP contribution in [0.25, 0.3) is 0 Å². The lowest BCUT2D eigenvalue weighted by molar-refractivity contribution is -0.122. The first-order valence-corrected chi connectivity index (χ1v) is 6.32. The molecule has 0 heterocycles. The van der Waals surface area contributed by atoms with E-state index in [0.717, 1.165) is 19.3 Å². The molecule has 0 aliphatic heterocycles. The topological polar surface area (TPSA) is 55.1 Å². The van der Waals surface area contributed by atoms with Gasteiger partial charge in [-0.05, 0) is 25.8 Å². The van der Waals surface area contributed by atoms with Crippen molar-refractivity contribution in [2.45, 2.75) is 63.8 Å². The minimum atomic E-state index is 0.186. The van der Waals surface area contributed by atoms with Crippen LogP contribution < -0.4 is 11.1 Å². The van der Waals surface area contributed by atoms with E-state index in [4.69, 9.17) is 5.73 Å². The Balaban J connectivity index is 2.19. The van der Waals surface area contributed by atoms with Crippen molar-refractivity contribution >= 4 is 5.91 Å². The standard InChI is InChI=1S/C12H24N2O/c13-10-6-9-12(15)14-11-7-4-2-1-3-5-8-11/h11H,1-10,13H2,(H,14,15). The first kappa shape index (κ1) is 12.5. The zero-order valence-corrected chi connectivity index (χ0v) is 9.63. The molecule has 1 rings (SSSR count). The average molecular weight is 212 g/mol. The lowest BCUT2D eigenvalue weighted by Gasteiger charge is -2.20. The molecule has 1 aliphatic carbocycles. The molecular weight excluding hydrogens is 188 g/mol. The molecule has 0 aromatic carbocycles. The Morgan fingerprint density at radius 3 is 2.33 bits per heavy atom. The van der Waals surface area contributed by atoms with Crippen molar-refractivity contribution in [3.8, 4) is 0 Å². The van der Waals surface area contributed by atoms with E-state index in [1.54, 1.807) is 0 Å². The van der Waals surface area contributed by atoms with Crippen molar-refractivity contribution in [3.63, 3.8) is 0 Å². The number of hydrogen-bond acceptors (Lipinski definition) is 2. The zero-order valence-electron chi connectivity index (χ0n) is 9.63. The van der Waals surface area contributed by atoms with Gasteiger partial charge in [-0.1, -0.05) is 32.1 Å². The third-order valence-corrected chi connectivity index (χ3v) is 3.08. The van der Waals surface area contributed by atoms with E-state index in [9.17, 15) is 4.79 Å². The van der Waals surface area contributed by atoms with Crippen molar-refractivity contribution in [1.82, 2.24) is 5.32 Å². The SMILES string of the molecule is NCCCC(=O)NC1CCCCCCC1. The van der Waals surface area contributed by atoms with Gasteiger partial charge >= 0.3 is 0 Å². The third kappa shape index (κ3) is 5.78. The van der Waals surface area contributed by atoms with E-state index in [1.807, 2.05) is 0 Å². The van der Waals surface area contributed by atoms with Gasteiger partial charge in [-0.25, -0.2) is 0 Å². The van der Waals surface area contributed by atoms with E-state index < -0.39 is 0 Å². The van der Waals surface area contributed by atoms with Crippen molar-refractivity contribution in [1.29, 1.82) is 0 Å². The van der Waals surface area contributed by atoms with Gasteiger partial charge in [0.1, 0.15) is 0 Å². The predicted molar refractivity (Wildman–Crippen MR) is 62.5 cm³/mol. The first-order valence-electron chi connectivity index (χ1n) is 6.32. The molecule has 1 aliphatic rings. The Kier molecular flexibility index (Phi) is 6.41. The van der Waals surface area contributed by atoms with Crippen LogP contribution in [0.1, 0.15) is 57.8 Å². The number of carbonyl (C=O) groups excluding carboxylic acids is 1. The lowest BCUT2D eigenvalue weighted by Crippen LogP contribution is -2.35. The van der Waals surface area contributed by atoms with E-state index in [0.29, 0.717) is 19.0 Å². The maximum absolute atomic E-state index is 11.5. The molecule has 88 valence electrons. The molecule has 1 fully saturated rings. The molecule has 0 radical (unpaired) electrons. The normalized spacial score (nSPS) is 19.3. The summed E-state index contributed by atoms with van der Waals surface area (Å²) in [6, 6.07) is 0.426. The Hall–Kier alpha value is -0.570. The monoisotopic (exact) mass is 212 g/mol. The maximum Gasteiger partial charge on any atom is 0.220 e. The van der Waals surface area contributed by atoms with Crippen molar-refractivity contribution < 1.29 is 4.79 Å². The number of nitrogens with two attached hydrogens (primary N) is 1. The van der Waals surface area contributed by atoms with Crippen LogP contribution in [-0.2, 0) is 4.79 Å². The van der Waals surface area contributed by atoms with Gasteiger partial charge in [0.2, 0.25) is 5.91 Å². The molecule has 0 aromatic heterocycles. The van der Waals surface area contributed by atoms with Gasteiger partial charge in [0.25, 0.3) is 0 Å². The second-order valence-electron chi connectivity index (χ2n) is 4.50. The summed E-state index contributed by atoms with van der Waals surface area (Å²) in [5, 5.41) is 3.13. The van der Waals surface area contributed by atoms with Gasteiger partial charge in [0.05, 0.1) is 0 Å². The molecule has 0 saturated heterocycles. The average Bonchev–Trinajstić information content (AvgIpc) is 2.19. The number of carbonyl (C=O) groups is 1. The van der Waals surface area contributed by atoms with E-state index >= 15 is 0 Å². The summed E-state index contributed by atoms with van der Waals surface area (Å²) in [5.74, 6) is 0.186. The fraction of sp³-hybridized carbons (Fsp3) is 0.917. The quantitative estimate of drug-likeness (QED) is 0.748. The molecule has 0 bridgehead atoms. The molecule has 1 amide bonds. The molecule has 3 nitrogen and oxygen atoms in total. The summed E-state index contributed by atoms with van der Waals surface area (Å²) >= 11 is 0. The van der Waals surface area contributed by atoms with Crippen LogP contribution in [0.2, 0.25) is 0 Å². The summed E-state index contributed by atoms with van der Waals surface area (Å²) in [7, 11) is 0. The van der Waals surface area contributed by atoms with Crippen LogP contribution in [0, 0.1) is 0 Å². The highest BCUT2D eigenvalue weighted by Gasteiger charge is 2.13. The Labute approximate surface area is 92.8 Å². The highest BCUT2D eigenvalue weighted by Crippen LogP contribution is 2.17. The molecule has 1 saturated carbocycles. The summed E-state index contributed by atoms with van der Waals surface area (Å²) < 4.78 is 0. The third-order valence-electron chi connectivity index (χ3n) is 3.08. The van der Waals surface area contributed by atoms with Crippen LogP contribution in [-0.4, -0.2) is 18.5 Å². The van der Waals surface area contributed by atoms with Gasteiger partial charge in [0, 0.05) is 12.5 Å².